The summed E-state index contributed by atoms with van der Waals surface area (Å²) in [6, 6.07) is 5.97. The van der Waals surface area contributed by atoms with E-state index in [4.69, 9.17) is 11.6 Å². The molecule has 3 heteroatoms. The predicted octanol–water partition coefficient (Wildman–Crippen LogP) is 4.17. The molecule has 1 nitrogen and oxygen atoms in total. The average Bonchev–Trinajstić information content (AvgIpc) is 2.73. The number of halogens is 2. The lowest BCUT2D eigenvalue weighted by Gasteiger charge is -2.34. The number of nitrogens with zero attached hydrogens (tertiary/aromatic N) is 1. The molecule has 0 saturated carbocycles. The third-order valence-electron chi connectivity index (χ3n) is 4.17. The topological polar surface area (TPSA) is 3.24 Å². The van der Waals surface area contributed by atoms with E-state index in [1.54, 1.807) is 0 Å². The lowest BCUT2D eigenvalue weighted by Crippen LogP contribution is -2.35. The van der Waals surface area contributed by atoms with Gasteiger partial charge in [0.2, 0.25) is 0 Å². The van der Waals surface area contributed by atoms with Crippen LogP contribution in [0, 0.1) is 5.82 Å². The van der Waals surface area contributed by atoms with Crippen LogP contribution in [-0.2, 0) is 0 Å². The molecular weight excluding hydrogens is 237 g/mol. The molecule has 2 saturated heterocycles. The van der Waals surface area contributed by atoms with Crippen molar-refractivity contribution in [3.8, 4) is 0 Å². The molecule has 0 aliphatic carbocycles. The summed E-state index contributed by atoms with van der Waals surface area (Å²) in [4.78, 5) is 2.57. The highest BCUT2D eigenvalue weighted by molar-refractivity contribution is 6.31. The van der Waals surface area contributed by atoms with Gasteiger partial charge in [-0.25, -0.2) is 4.39 Å². The quantitative estimate of drug-likeness (QED) is 0.726. The van der Waals surface area contributed by atoms with Gasteiger partial charge in [-0.05, 0) is 49.9 Å². The molecule has 0 amide bonds. The van der Waals surface area contributed by atoms with Gasteiger partial charge in [0.15, 0.2) is 0 Å². The molecule has 0 N–H and O–H groups in total. The Morgan fingerprint density at radius 2 is 2.06 bits per heavy atom. The van der Waals surface area contributed by atoms with Crippen LogP contribution in [0.25, 0.3) is 0 Å². The van der Waals surface area contributed by atoms with Gasteiger partial charge in [-0.1, -0.05) is 24.1 Å². The van der Waals surface area contributed by atoms with Crippen molar-refractivity contribution in [2.75, 3.05) is 6.54 Å². The molecule has 2 heterocycles. The summed E-state index contributed by atoms with van der Waals surface area (Å²) >= 11 is 6.17. The molecule has 0 aromatic heterocycles. The minimum Gasteiger partial charge on any atom is -0.293 e. The van der Waals surface area contributed by atoms with Crippen LogP contribution in [0.5, 0.6) is 0 Å². The van der Waals surface area contributed by atoms with Crippen molar-refractivity contribution >= 4 is 11.6 Å². The smallest absolute Gasteiger partial charge is 0.124 e. The molecule has 0 unspecified atom stereocenters. The predicted molar refractivity (Wildman–Crippen MR) is 67.7 cm³/mol. The van der Waals surface area contributed by atoms with E-state index in [2.05, 4.69) is 4.90 Å². The van der Waals surface area contributed by atoms with Crippen LogP contribution >= 0.6 is 11.6 Å². The zero-order chi connectivity index (χ0) is 11.8. The van der Waals surface area contributed by atoms with Crippen molar-refractivity contribution in [1.82, 2.24) is 4.90 Å². The van der Waals surface area contributed by atoms with Gasteiger partial charge in [-0.15, -0.1) is 0 Å². The number of benzene rings is 1. The van der Waals surface area contributed by atoms with Crippen molar-refractivity contribution in [1.29, 1.82) is 0 Å². The molecule has 0 spiro atoms. The van der Waals surface area contributed by atoms with Gasteiger partial charge in [0.1, 0.15) is 5.82 Å². The Hall–Kier alpha value is -0.600. The van der Waals surface area contributed by atoms with Crippen molar-refractivity contribution in [3.63, 3.8) is 0 Å². The molecule has 2 aliphatic heterocycles. The van der Waals surface area contributed by atoms with E-state index in [0.29, 0.717) is 11.1 Å². The summed E-state index contributed by atoms with van der Waals surface area (Å²) in [5.41, 5.74) is 1.11. The fraction of sp³-hybridized carbons (Fsp3) is 0.571. The van der Waals surface area contributed by atoms with Gasteiger partial charge < -0.3 is 0 Å². The highest BCUT2D eigenvalue weighted by Crippen LogP contribution is 2.42. The summed E-state index contributed by atoms with van der Waals surface area (Å²) in [6.07, 6.45) is 6.38. The molecule has 0 bridgehead atoms. The van der Waals surface area contributed by atoms with Crippen LogP contribution in [0.1, 0.15) is 43.7 Å². The molecular formula is C14H17ClFN. The second kappa shape index (κ2) is 4.58. The Bertz CT molecular complexity index is 421. The molecule has 17 heavy (non-hydrogen) atoms. The molecule has 92 valence electrons. The van der Waals surface area contributed by atoms with Gasteiger partial charge in [-0.3, -0.25) is 4.90 Å². The number of fused-ring (bicyclic) bond motifs is 1. The van der Waals surface area contributed by atoms with Gasteiger partial charge in [0.25, 0.3) is 0 Å². The fourth-order valence-corrected chi connectivity index (χ4v) is 3.66. The maximum atomic E-state index is 13.1. The first-order valence-corrected chi connectivity index (χ1v) is 6.84. The standard InChI is InChI=1S/C14H17ClFN/c15-13-9-10(16)4-6-12(13)14-7-5-11-3-1-2-8-17(11)14/h4,6,9,11,14H,1-3,5,7-8H2/t11-,14-/m1/s1. The largest absolute Gasteiger partial charge is 0.293 e. The second-order valence-corrected chi connectivity index (χ2v) is 5.55. The van der Waals surface area contributed by atoms with E-state index in [1.165, 1.54) is 44.4 Å². The minimum absolute atomic E-state index is 0.244. The normalized spacial score (nSPS) is 29.3. The van der Waals surface area contributed by atoms with Gasteiger partial charge in [-0.2, -0.15) is 0 Å². The number of hydrogen-bond donors (Lipinski definition) is 0. The second-order valence-electron chi connectivity index (χ2n) is 5.15. The first-order chi connectivity index (χ1) is 8.25. The zero-order valence-electron chi connectivity index (χ0n) is 9.83. The van der Waals surface area contributed by atoms with Crippen molar-refractivity contribution in [3.05, 3.63) is 34.6 Å². The number of rotatable bonds is 1. The summed E-state index contributed by atoms with van der Waals surface area (Å²) < 4.78 is 13.1. The van der Waals surface area contributed by atoms with Crippen molar-refractivity contribution < 1.29 is 4.39 Å². The molecule has 1 aromatic carbocycles. The molecule has 0 radical (unpaired) electrons. The number of piperidine rings is 1. The van der Waals surface area contributed by atoms with E-state index in [9.17, 15) is 4.39 Å². The van der Waals surface area contributed by atoms with E-state index in [0.717, 1.165) is 18.0 Å². The van der Waals surface area contributed by atoms with Gasteiger partial charge in [0, 0.05) is 17.1 Å². The Balaban J connectivity index is 1.88. The maximum absolute atomic E-state index is 13.1. The van der Waals surface area contributed by atoms with E-state index in [1.807, 2.05) is 6.07 Å². The van der Waals surface area contributed by atoms with Crippen LogP contribution in [0.3, 0.4) is 0 Å². The molecule has 2 atom stereocenters. The first kappa shape index (κ1) is 11.5. The van der Waals surface area contributed by atoms with Gasteiger partial charge >= 0.3 is 0 Å². The summed E-state index contributed by atoms with van der Waals surface area (Å²) in [6.45, 7) is 1.17. The van der Waals surface area contributed by atoms with Crippen LogP contribution in [0.4, 0.5) is 4.39 Å². The summed E-state index contributed by atoms with van der Waals surface area (Å²) in [7, 11) is 0. The van der Waals surface area contributed by atoms with Crippen LogP contribution in [0.15, 0.2) is 18.2 Å². The monoisotopic (exact) mass is 253 g/mol. The minimum atomic E-state index is -0.244. The Kier molecular flexibility index (Phi) is 3.10. The lowest BCUT2D eigenvalue weighted by atomic mass is 10.0. The Labute approximate surface area is 107 Å². The van der Waals surface area contributed by atoms with E-state index < -0.39 is 0 Å². The average molecular weight is 254 g/mol. The first-order valence-electron chi connectivity index (χ1n) is 6.46. The summed E-state index contributed by atoms with van der Waals surface area (Å²) in [5, 5.41) is 0.584. The van der Waals surface area contributed by atoms with E-state index >= 15 is 0 Å². The highest BCUT2D eigenvalue weighted by Gasteiger charge is 2.36. The van der Waals surface area contributed by atoms with Crippen LogP contribution < -0.4 is 0 Å². The maximum Gasteiger partial charge on any atom is 0.124 e. The molecule has 3 rings (SSSR count). The third-order valence-corrected chi connectivity index (χ3v) is 4.50. The lowest BCUT2D eigenvalue weighted by molar-refractivity contribution is 0.150. The van der Waals surface area contributed by atoms with E-state index in [-0.39, 0.29) is 5.82 Å². The highest BCUT2D eigenvalue weighted by atomic mass is 35.5. The fourth-order valence-electron chi connectivity index (χ4n) is 3.37. The van der Waals surface area contributed by atoms with Gasteiger partial charge in [0.05, 0.1) is 0 Å². The van der Waals surface area contributed by atoms with Crippen LogP contribution in [-0.4, -0.2) is 17.5 Å². The Morgan fingerprint density at radius 1 is 1.18 bits per heavy atom. The molecule has 1 aromatic rings. The molecule has 2 aliphatic rings. The third kappa shape index (κ3) is 2.09. The number of hydrogen-bond acceptors (Lipinski definition) is 1. The molecule has 2 fully saturated rings. The zero-order valence-corrected chi connectivity index (χ0v) is 10.6. The summed E-state index contributed by atoms with van der Waals surface area (Å²) in [5.74, 6) is -0.244. The Morgan fingerprint density at radius 3 is 2.88 bits per heavy atom. The SMILES string of the molecule is Fc1ccc([C@H]2CC[C@H]3CCCCN32)c(Cl)c1. The van der Waals surface area contributed by atoms with Crippen molar-refractivity contribution in [2.24, 2.45) is 0 Å². The van der Waals surface area contributed by atoms with Crippen LogP contribution in [0.2, 0.25) is 5.02 Å². The van der Waals surface area contributed by atoms with Crippen molar-refractivity contribution in [2.45, 2.75) is 44.2 Å².